The van der Waals surface area contributed by atoms with Gasteiger partial charge in [-0.15, -0.1) is 0 Å². The number of imidazole rings is 1. The number of H-pyrrole nitrogens is 1. The first-order chi connectivity index (χ1) is 8.65. The number of benzene rings is 1. The number of aromatic amines is 1. The Balaban J connectivity index is 1.93. The van der Waals surface area contributed by atoms with E-state index in [0.29, 0.717) is 5.02 Å². The standard InChI is InChI=1S/C12H12ClN3OS/c1-8(18-12-14-6-7-15-12)11(17)16-10-4-2-9(13)3-5-10/h2-8H,1H3,(H,14,15)(H,16,17). The van der Waals surface area contributed by atoms with Gasteiger partial charge in [0.1, 0.15) is 0 Å². The van der Waals surface area contributed by atoms with Gasteiger partial charge in [0.2, 0.25) is 5.91 Å². The summed E-state index contributed by atoms with van der Waals surface area (Å²) in [5, 5.41) is 3.97. The van der Waals surface area contributed by atoms with Crippen LogP contribution in [0.4, 0.5) is 5.69 Å². The Morgan fingerprint density at radius 1 is 1.44 bits per heavy atom. The number of nitrogens with zero attached hydrogens (tertiary/aromatic N) is 1. The highest BCUT2D eigenvalue weighted by Crippen LogP contribution is 2.20. The lowest BCUT2D eigenvalue weighted by Gasteiger charge is -2.10. The summed E-state index contributed by atoms with van der Waals surface area (Å²) < 4.78 is 0. The molecule has 0 radical (unpaired) electrons. The van der Waals surface area contributed by atoms with Crippen LogP contribution in [0.3, 0.4) is 0 Å². The molecule has 1 aromatic heterocycles. The highest BCUT2D eigenvalue weighted by molar-refractivity contribution is 8.00. The average molecular weight is 282 g/mol. The van der Waals surface area contributed by atoms with E-state index in [1.165, 1.54) is 11.8 Å². The number of aromatic nitrogens is 2. The summed E-state index contributed by atoms with van der Waals surface area (Å²) in [6.07, 6.45) is 3.39. The molecule has 0 spiro atoms. The topological polar surface area (TPSA) is 57.8 Å². The van der Waals surface area contributed by atoms with E-state index in [9.17, 15) is 4.79 Å². The highest BCUT2D eigenvalue weighted by atomic mass is 35.5. The molecule has 0 bridgehead atoms. The summed E-state index contributed by atoms with van der Waals surface area (Å²) >= 11 is 7.15. The largest absolute Gasteiger partial charge is 0.340 e. The quantitative estimate of drug-likeness (QED) is 0.846. The molecule has 0 aliphatic rings. The Labute approximate surface area is 114 Å². The van der Waals surface area contributed by atoms with Crippen LogP contribution < -0.4 is 5.32 Å². The fourth-order valence-electron chi connectivity index (χ4n) is 1.31. The summed E-state index contributed by atoms with van der Waals surface area (Å²) in [5.74, 6) is -0.0706. The third-order valence-corrected chi connectivity index (χ3v) is 3.51. The number of anilines is 1. The molecule has 1 aromatic carbocycles. The molecule has 0 aliphatic carbocycles. The molecule has 1 heterocycles. The Hall–Kier alpha value is -1.46. The van der Waals surface area contributed by atoms with Gasteiger partial charge in [-0.25, -0.2) is 4.98 Å². The van der Waals surface area contributed by atoms with E-state index in [2.05, 4.69) is 15.3 Å². The number of halogens is 1. The SMILES string of the molecule is CC(Sc1ncc[nH]1)C(=O)Nc1ccc(Cl)cc1. The second-order valence-electron chi connectivity index (χ2n) is 3.65. The second kappa shape index (κ2) is 5.93. The number of carbonyl (C=O) groups is 1. The van der Waals surface area contributed by atoms with Crippen LogP contribution in [0.5, 0.6) is 0 Å². The van der Waals surface area contributed by atoms with Crippen molar-refractivity contribution < 1.29 is 4.79 Å². The van der Waals surface area contributed by atoms with Gasteiger partial charge in [0.15, 0.2) is 5.16 Å². The number of nitrogens with one attached hydrogen (secondary N) is 2. The lowest BCUT2D eigenvalue weighted by molar-refractivity contribution is -0.115. The maximum atomic E-state index is 11.9. The van der Waals surface area contributed by atoms with Crippen molar-refractivity contribution >= 4 is 35.0 Å². The third-order valence-electron chi connectivity index (χ3n) is 2.24. The van der Waals surface area contributed by atoms with Gasteiger partial charge in [-0.2, -0.15) is 0 Å². The van der Waals surface area contributed by atoms with Gasteiger partial charge in [0.05, 0.1) is 5.25 Å². The molecule has 1 amide bonds. The molecule has 0 aliphatic heterocycles. The normalized spacial score (nSPS) is 12.1. The van der Waals surface area contributed by atoms with Gasteiger partial charge in [-0.05, 0) is 31.2 Å². The summed E-state index contributed by atoms with van der Waals surface area (Å²) in [6, 6.07) is 7.01. The van der Waals surface area contributed by atoms with Gasteiger partial charge >= 0.3 is 0 Å². The van der Waals surface area contributed by atoms with E-state index in [0.717, 1.165) is 10.8 Å². The molecule has 0 saturated carbocycles. The second-order valence-corrected chi connectivity index (χ2v) is 5.42. The molecule has 2 aromatic rings. The first-order valence-electron chi connectivity index (χ1n) is 5.37. The highest BCUT2D eigenvalue weighted by Gasteiger charge is 2.15. The summed E-state index contributed by atoms with van der Waals surface area (Å²) in [5.41, 5.74) is 0.733. The average Bonchev–Trinajstić information content (AvgIpc) is 2.85. The van der Waals surface area contributed by atoms with Crippen LogP contribution >= 0.6 is 23.4 Å². The lowest BCUT2D eigenvalue weighted by atomic mass is 10.3. The Morgan fingerprint density at radius 3 is 2.78 bits per heavy atom. The van der Waals surface area contributed by atoms with Crippen LogP contribution in [-0.2, 0) is 4.79 Å². The summed E-state index contributed by atoms with van der Waals surface area (Å²) in [4.78, 5) is 18.9. The molecule has 6 heteroatoms. The zero-order valence-corrected chi connectivity index (χ0v) is 11.3. The molecule has 1 unspecified atom stereocenters. The smallest absolute Gasteiger partial charge is 0.237 e. The fraction of sp³-hybridized carbons (Fsp3) is 0.167. The first kappa shape index (κ1) is 13.0. The van der Waals surface area contributed by atoms with Crippen LogP contribution in [-0.4, -0.2) is 21.1 Å². The van der Waals surface area contributed by atoms with Crippen molar-refractivity contribution in [2.24, 2.45) is 0 Å². The minimum Gasteiger partial charge on any atom is -0.340 e. The number of carbonyl (C=O) groups excluding carboxylic acids is 1. The minimum absolute atomic E-state index is 0.0706. The molecule has 0 fully saturated rings. The molecule has 1 atom stereocenters. The summed E-state index contributed by atoms with van der Waals surface area (Å²) in [6.45, 7) is 1.83. The Bertz CT molecular complexity index is 513. The summed E-state index contributed by atoms with van der Waals surface area (Å²) in [7, 11) is 0. The van der Waals surface area contributed by atoms with Gasteiger partial charge in [0.25, 0.3) is 0 Å². The van der Waals surface area contributed by atoms with Crippen molar-refractivity contribution in [3.63, 3.8) is 0 Å². The molecule has 94 valence electrons. The Morgan fingerprint density at radius 2 is 2.17 bits per heavy atom. The van der Waals surface area contributed by atoms with Crippen LogP contribution in [0.25, 0.3) is 0 Å². The molecule has 2 N–H and O–H groups in total. The van der Waals surface area contributed by atoms with E-state index < -0.39 is 0 Å². The van der Waals surface area contributed by atoms with E-state index in [-0.39, 0.29) is 11.2 Å². The molecule has 0 saturated heterocycles. The van der Waals surface area contributed by atoms with Crippen molar-refractivity contribution in [1.82, 2.24) is 9.97 Å². The monoisotopic (exact) mass is 281 g/mol. The molecule has 2 rings (SSSR count). The van der Waals surface area contributed by atoms with Gasteiger partial charge in [0, 0.05) is 23.1 Å². The van der Waals surface area contributed by atoms with Crippen LogP contribution in [0.1, 0.15) is 6.92 Å². The van der Waals surface area contributed by atoms with E-state index in [4.69, 9.17) is 11.6 Å². The number of hydrogen-bond acceptors (Lipinski definition) is 3. The number of thioether (sulfide) groups is 1. The Kier molecular flexibility index (Phi) is 4.28. The molecule has 18 heavy (non-hydrogen) atoms. The minimum atomic E-state index is -0.230. The first-order valence-corrected chi connectivity index (χ1v) is 6.63. The molecule has 4 nitrogen and oxygen atoms in total. The lowest BCUT2D eigenvalue weighted by Crippen LogP contribution is -2.22. The fourth-order valence-corrected chi connectivity index (χ4v) is 2.20. The van der Waals surface area contributed by atoms with Crippen LogP contribution in [0.2, 0.25) is 5.02 Å². The van der Waals surface area contributed by atoms with Gasteiger partial charge in [-0.1, -0.05) is 23.4 Å². The zero-order valence-electron chi connectivity index (χ0n) is 9.68. The predicted molar refractivity (Wildman–Crippen MR) is 74.0 cm³/mol. The maximum absolute atomic E-state index is 11.9. The zero-order chi connectivity index (χ0) is 13.0. The van der Waals surface area contributed by atoms with Gasteiger partial charge in [-0.3, -0.25) is 4.79 Å². The third kappa shape index (κ3) is 3.51. The molecular weight excluding hydrogens is 270 g/mol. The van der Waals surface area contributed by atoms with Gasteiger partial charge < -0.3 is 10.3 Å². The van der Waals surface area contributed by atoms with E-state index in [1.807, 2.05) is 6.92 Å². The van der Waals surface area contributed by atoms with E-state index >= 15 is 0 Å². The van der Waals surface area contributed by atoms with Crippen molar-refractivity contribution in [1.29, 1.82) is 0 Å². The van der Waals surface area contributed by atoms with Crippen molar-refractivity contribution in [2.45, 2.75) is 17.3 Å². The van der Waals surface area contributed by atoms with Crippen molar-refractivity contribution in [2.75, 3.05) is 5.32 Å². The van der Waals surface area contributed by atoms with E-state index in [1.54, 1.807) is 36.7 Å². The number of amides is 1. The predicted octanol–water partition coefficient (Wildman–Crippen LogP) is 3.18. The van der Waals surface area contributed by atoms with Crippen LogP contribution in [0.15, 0.2) is 41.8 Å². The number of rotatable bonds is 4. The maximum Gasteiger partial charge on any atom is 0.237 e. The van der Waals surface area contributed by atoms with Crippen molar-refractivity contribution in [3.8, 4) is 0 Å². The number of hydrogen-bond donors (Lipinski definition) is 2. The molecular formula is C12H12ClN3OS. The van der Waals surface area contributed by atoms with Crippen LogP contribution in [0, 0.1) is 0 Å². The van der Waals surface area contributed by atoms with Crippen molar-refractivity contribution in [3.05, 3.63) is 41.7 Å².